The van der Waals surface area contributed by atoms with Crippen LogP contribution in [0.5, 0.6) is 0 Å². The lowest BCUT2D eigenvalue weighted by atomic mass is 9.72. The summed E-state index contributed by atoms with van der Waals surface area (Å²) in [6, 6.07) is 4.76. The SMILES string of the molecule is CCOC(=O)C1CCC(NC(=O)c2cc3cc(F)ccc3[nH]2)(C(=O)OC(C)(C)C)C(N)C1. The Bertz CT molecular complexity index is 1030. The van der Waals surface area contributed by atoms with Crippen LogP contribution in [0.3, 0.4) is 0 Å². The van der Waals surface area contributed by atoms with E-state index in [-0.39, 0.29) is 31.1 Å². The van der Waals surface area contributed by atoms with E-state index in [9.17, 15) is 18.8 Å². The number of hydrogen-bond donors (Lipinski definition) is 3. The van der Waals surface area contributed by atoms with Crippen molar-refractivity contribution in [3.05, 3.63) is 35.8 Å². The highest BCUT2D eigenvalue weighted by atomic mass is 19.1. The molecular weight excluding hydrogens is 417 g/mol. The second-order valence-corrected chi connectivity index (χ2v) is 9.17. The Morgan fingerprint density at radius 2 is 2.00 bits per heavy atom. The van der Waals surface area contributed by atoms with Crippen molar-refractivity contribution in [1.82, 2.24) is 10.3 Å². The molecule has 0 aliphatic heterocycles. The third kappa shape index (κ3) is 4.93. The van der Waals surface area contributed by atoms with Gasteiger partial charge < -0.3 is 25.5 Å². The Morgan fingerprint density at radius 1 is 1.28 bits per heavy atom. The van der Waals surface area contributed by atoms with Crippen molar-refractivity contribution in [2.75, 3.05) is 6.61 Å². The molecule has 1 amide bonds. The van der Waals surface area contributed by atoms with E-state index in [1.807, 2.05) is 0 Å². The second-order valence-electron chi connectivity index (χ2n) is 9.17. The van der Waals surface area contributed by atoms with Crippen molar-refractivity contribution < 1.29 is 28.2 Å². The number of aromatic nitrogens is 1. The van der Waals surface area contributed by atoms with Crippen LogP contribution in [0, 0.1) is 11.7 Å². The molecule has 0 bridgehead atoms. The number of carbonyl (C=O) groups excluding carboxylic acids is 3. The third-order valence-electron chi connectivity index (χ3n) is 5.61. The fourth-order valence-electron chi connectivity index (χ4n) is 4.01. The number of aromatic amines is 1. The van der Waals surface area contributed by atoms with E-state index in [0.717, 1.165) is 0 Å². The molecule has 174 valence electrons. The molecule has 0 radical (unpaired) electrons. The minimum Gasteiger partial charge on any atom is -0.466 e. The number of fused-ring (bicyclic) bond motifs is 1. The van der Waals surface area contributed by atoms with Crippen molar-refractivity contribution in [3.63, 3.8) is 0 Å². The van der Waals surface area contributed by atoms with Gasteiger partial charge in [-0.15, -0.1) is 0 Å². The molecule has 1 aromatic heterocycles. The maximum Gasteiger partial charge on any atom is 0.334 e. The molecule has 3 unspecified atom stereocenters. The normalized spacial score (nSPS) is 23.6. The van der Waals surface area contributed by atoms with Crippen LogP contribution in [0.25, 0.3) is 10.9 Å². The van der Waals surface area contributed by atoms with Crippen LogP contribution >= 0.6 is 0 Å². The monoisotopic (exact) mass is 447 g/mol. The van der Waals surface area contributed by atoms with Crippen LogP contribution in [0.4, 0.5) is 4.39 Å². The molecule has 0 saturated heterocycles. The predicted molar refractivity (Wildman–Crippen MR) is 116 cm³/mol. The summed E-state index contributed by atoms with van der Waals surface area (Å²) in [7, 11) is 0. The number of halogens is 1. The molecule has 1 heterocycles. The van der Waals surface area contributed by atoms with Crippen molar-refractivity contribution in [3.8, 4) is 0 Å². The minimum absolute atomic E-state index is 0.118. The molecule has 4 N–H and O–H groups in total. The first-order valence-corrected chi connectivity index (χ1v) is 10.7. The van der Waals surface area contributed by atoms with Gasteiger partial charge in [0.25, 0.3) is 5.91 Å². The highest BCUT2D eigenvalue weighted by Gasteiger charge is 2.52. The predicted octanol–water partition coefficient (Wildman–Crippen LogP) is 2.81. The maximum absolute atomic E-state index is 13.5. The molecule has 1 aliphatic rings. The second kappa shape index (κ2) is 8.90. The van der Waals surface area contributed by atoms with Gasteiger partial charge in [-0.1, -0.05) is 0 Å². The fraction of sp³-hybridized carbons (Fsp3) is 0.522. The van der Waals surface area contributed by atoms with Gasteiger partial charge in [0.1, 0.15) is 17.1 Å². The highest BCUT2D eigenvalue weighted by molar-refractivity contribution is 6.01. The zero-order valence-electron chi connectivity index (χ0n) is 18.8. The van der Waals surface area contributed by atoms with E-state index in [4.69, 9.17) is 15.2 Å². The van der Waals surface area contributed by atoms with Gasteiger partial charge in [-0.2, -0.15) is 0 Å². The molecule has 1 aromatic carbocycles. The van der Waals surface area contributed by atoms with Gasteiger partial charge in [0, 0.05) is 16.9 Å². The van der Waals surface area contributed by atoms with Gasteiger partial charge in [-0.3, -0.25) is 9.59 Å². The lowest BCUT2D eigenvalue weighted by Crippen LogP contribution is -2.68. The quantitative estimate of drug-likeness (QED) is 0.606. The first kappa shape index (κ1) is 23.7. The topological polar surface area (TPSA) is 124 Å². The number of amides is 1. The van der Waals surface area contributed by atoms with Crippen LogP contribution in [-0.4, -0.2) is 46.6 Å². The molecule has 0 spiro atoms. The van der Waals surface area contributed by atoms with Crippen LogP contribution in [0.15, 0.2) is 24.3 Å². The molecule has 3 rings (SSSR count). The van der Waals surface area contributed by atoms with E-state index in [2.05, 4.69) is 10.3 Å². The summed E-state index contributed by atoms with van der Waals surface area (Å²) in [5, 5.41) is 3.30. The summed E-state index contributed by atoms with van der Waals surface area (Å²) >= 11 is 0. The van der Waals surface area contributed by atoms with Crippen LogP contribution in [0.1, 0.15) is 57.4 Å². The van der Waals surface area contributed by atoms with Crippen molar-refractivity contribution in [1.29, 1.82) is 0 Å². The van der Waals surface area contributed by atoms with Gasteiger partial charge in [0.2, 0.25) is 0 Å². The number of carbonyl (C=O) groups is 3. The summed E-state index contributed by atoms with van der Waals surface area (Å²) in [5.41, 5.74) is 4.82. The Labute approximate surface area is 186 Å². The van der Waals surface area contributed by atoms with Crippen molar-refractivity contribution in [2.24, 2.45) is 11.7 Å². The molecule has 3 atom stereocenters. The van der Waals surface area contributed by atoms with E-state index in [0.29, 0.717) is 17.3 Å². The molecule has 32 heavy (non-hydrogen) atoms. The fourth-order valence-corrected chi connectivity index (χ4v) is 4.01. The number of hydrogen-bond acceptors (Lipinski definition) is 6. The van der Waals surface area contributed by atoms with Crippen LogP contribution < -0.4 is 11.1 Å². The standard InChI is InChI=1S/C23H30FN3O5/c1-5-31-20(29)13-8-9-23(18(25)12-13,21(30)32-22(2,3)4)27-19(28)17-11-14-10-15(24)6-7-16(14)26-17/h6-7,10-11,13,18,26H,5,8-9,12,25H2,1-4H3,(H,27,28). The first-order valence-electron chi connectivity index (χ1n) is 10.7. The van der Waals surface area contributed by atoms with E-state index in [1.54, 1.807) is 27.7 Å². The summed E-state index contributed by atoms with van der Waals surface area (Å²) in [6.45, 7) is 7.14. The number of ether oxygens (including phenoxy) is 2. The van der Waals surface area contributed by atoms with Crippen LogP contribution in [-0.2, 0) is 19.1 Å². The maximum atomic E-state index is 13.5. The van der Waals surface area contributed by atoms with E-state index < -0.39 is 40.8 Å². The Balaban J connectivity index is 1.89. The largest absolute Gasteiger partial charge is 0.466 e. The number of benzene rings is 1. The average molecular weight is 448 g/mol. The Hall–Kier alpha value is -2.94. The molecule has 8 nitrogen and oxygen atoms in total. The molecular formula is C23H30FN3O5. The van der Waals surface area contributed by atoms with E-state index in [1.165, 1.54) is 24.3 Å². The van der Waals surface area contributed by atoms with Crippen molar-refractivity contribution in [2.45, 2.75) is 64.1 Å². The molecule has 1 fully saturated rings. The van der Waals surface area contributed by atoms with Gasteiger partial charge >= 0.3 is 11.9 Å². The molecule has 1 saturated carbocycles. The smallest absolute Gasteiger partial charge is 0.334 e. The zero-order chi connectivity index (χ0) is 23.7. The summed E-state index contributed by atoms with van der Waals surface area (Å²) in [4.78, 5) is 41.5. The Kier molecular flexibility index (Phi) is 6.59. The lowest BCUT2D eigenvalue weighted by molar-refractivity contribution is -0.167. The average Bonchev–Trinajstić information content (AvgIpc) is 3.11. The molecule has 2 aromatic rings. The molecule has 9 heteroatoms. The summed E-state index contributed by atoms with van der Waals surface area (Å²) in [6.07, 6.45) is 0.591. The zero-order valence-corrected chi connectivity index (χ0v) is 18.8. The summed E-state index contributed by atoms with van der Waals surface area (Å²) < 4.78 is 24.2. The van der Waals surface area contributed by atoms with E-state index >= 15 is 0 Å². The van der Waals surface area contributed by atoms with Gasteiger partial charge in [0.05, 0.1) is 12.5 Å². The van der Waals surface area contributed by atoms with Gasteiger partial charge in [0.15, 0.2) is 5.54 Å². The van der Waals surface area contributed by atoms with Gasteiger partial charge in [-0.05, 0) is 71.2 Å². The highest BCUT2D eigenvalue weighted by Crippen LogP contribution is 2.35. The Morgan fingerprint density at radius 3 is 2.62 bits per heavy atom. The minimum atomic E-state index is -1.52. The first-order chi connectivity index (χ1) is 14.9. The number of rotatable bonds is 5. The number of nitrogens with one attached hydrogen (secondary N) is 2. The third-order valence-corrected chi connectivity index (χ3v) is 5.61. The van der Waals surface area contributed by atoms with Gasteiger partial charge in [-0.25, -0.2) is 9.18 Å². The van der Waals surface area contributed by atoms with Crippen molar-refractivity contribution >= 4 is 28.7 Å². The number of esters is 2. The lowest BCUT2D eigenvalue weighted by Gasteiger charge is -2.43. The summed E-state index contributed by atoms with van der Waals surface area (Å²) in [5.74, 6) is -2.49. The molecule has 1 aliphatic carbocycles. The number of H-pyrrole nitrogens is 1. The number of nitrogens with two attached hydrogens (primary N) is 1. The van der Waals surface area contributed by atoms with Crippen LogP contribution in [0.2, 0.25) is 0 Å².